The number of halogens is 1. The molecule has 2 aromatic carbocycles. The highest BCUT2D eigenvalue weighted by atomic mass is 19.1. The first-order valence-electron chi connectivity index (χ1n) is 8.04. The maximum atomic E-state index is 12.9. The van der Waals surface area contributed by atoms with Gasteiger partial charge in [0.1, 0.15) is 5.82 Å². The summed E-state index contributed by atoms with van der Waals surface area (Å²) in [6, 6.07) is 12.8. The van der Waals surface area contributed by atoms with Crippen LogP contribution in [0.1, 0.15) is 35.7 Å². The van der Waals surface area contributed by atoms with E-state index < -0.39 is 0 Å². The third-order valence-electron chi connectivity index (χ3n) is 4.30. The molecule has 0 aliphatic carbocycles. The maximum absolute atomic E-state index is 12.9. The molecular formula is C19H19FN2O2. The lowest BCUT2D eigenvalue weighted by atomic mass is 9.93. The Hall–Kier alpha value is -2.69. The molecule has 1 aliphatic heterocycles. The predicted molar refractivity (Wildman–Crippen MR) is 90.6 cm³/mol. The van der Waals surface area contributed by atoms with E-state index in [0.717, 1.165) is 5.56 Å². The predicted octanol–water partition coefficient (Wildman–Crippen LogP) is 3.91. The largest absolute Gasteiger partial charge is 0.334 e. The molecule has 0 fully saturated rings. The zero-order chi connectivity index (χ0) is 17.1. The van der Waals surface area contributed by atoms with Gasteiger partial charge in [0.15, 0.2) is 5.78 Å². The molecule has 1 unspecified atom stereocenters. The Balaban J connectivity index is 1.80. The quantitative estimate of drug-likeness (QED) is 0.930. The fourth-order valence-electron chi connectivity index (χ4n) is 3.00. The average Bonchev–Trinajstić information content (AvgIpc) is 2.61. The number of rotatable bonds is 3. The van der Waals surface area contributed by atoms with Crippen molar-refractivity contribution in [1.82, 2.24) is 5.32 Å². The number of carbonyl (C=O) groups is 2. The van der Waals surface area contributed by atoms with E-state index in [9.17, 15) is 14.0 Å². The smallest absolute Gasteiger partial charge is 0.322 e. The Morgan fingerprint density at radius 3 is 2.62 bits per heavy atom. The van der Waals surface area contributed by atoms with Crippen LogP contribution < -0.4 is 10.2 Å². The van der Waals surface area contributed by atoms with Crippen molar-refractivity contribution in [3.63, 3.8) is 0 Å². The third-order valence-corrected chi connectivity index (χ3v) is 4.30. The lowest BCUT2D eigenvalue weighted by Gasteiger charge is -2.36. The van der Waals surface area contributed by atoms with Crippen LogP contribution in [0.4, 0.5) is 14.9 Å². The molecule has 2 amide bonds. The van der Waals surface area contributed by atoms with Gasteiger partial charge in [-0.1, -0.05) is 31.2 Å². The highest BCUT2D eigenvalue weighted by Crippen LogP contribution is 2.31. The van der Waals surface area contributed by atoms with E-state index in [0.29, 0.717) is 30.6 Å². The first kappa shape index (κ1) is 16.2. The normalized spacial score (nSPS) is 16.7. The minimum Gasteiger partial charge on any atom is -0.334 e. The van der Waals surface area contributed by atoms with Crippen molar-refractivity contribution >= 4 is 17.5 Å². The van der Waals surface area contributed by atoms with E-state index in [-0.39, 0.29) is 23.7 Å². The second-order valence-electron chi connectivity index (χ2n) is 5.86. The van der Waals surface area contributed by atoms with Crippen molar-refractivity contribution in [2.75, 3.05) is 4.90 Å². The van der Waals surface area contributed by atoms with E-state index in [4.69, 9.17) is 0 Å². The molecule has 0 saturated heterocycles. The van der Waals surface area contributed by atoms with Crippen LogP contribution in [0.25, 0.3) is 0 Å². The van der Waals surface area contributed by atoms with Crippen molar-refractivity contribution in [1.29, 1.82) is 0 Å². The molecule has 0 saturated carbocycles. The molecule has 0 spiro atoms. The second-order valence-corrected chi connectivity index (χ2v) is 5.86. The van der Waals surface area contributed by atoms with Gasteiger partial charge in [-0.15, -0.1) is 0 Å². The maximum Gasteiger partial charge on any atom is 0.322 e. The summed E-state index contributed by atoms with van der Waals surface area (Å²) in [5.74, 6) is -0.236. The minimum absolute atomic E-state index is 0.0695. The number of Topliss-reactive ketones (excluding diaryl/α,β-unsaturated/α-hetero) is 1. The van der Waals surface area contributed by atoms with Crippen LogP contribution in [-0.4, -0.2) is 17.9 Å². The molecule has 2 aromatic rings. The summed E-state index contributed by atoms with van der Waals surface area (Å²) in [6.07, 6.45) is 1.03. The number of amides is 2. The zero-order valence-corrected chi connectivity index (χ0v) is 13.5. The average molecular weight is 326 g/mol. The number of fused-ring (bicyclic) bond motifs is 1. The van der Waals surface area contributed by atoms with Gasteiger partial charge >= 0.3 is 6.03 Å². The molecule has 124 valence electrons. The second kappa shape index (κ2) is 6.83. The lowest BCUT2D eigenvalue weighted by molar-refractivity contribution is 0.0967. The van der Waals surface area contributed by atoms with Crippen molar-refractivity contribution < 1.29 is 14.0 Å². The topological polar surface area (TPSA) is 49.4 Å². The summed E-state index contributed by atoms with van der Waals surface area (Å²) in [6.45, 7) is 2.27. The van der Waals surface area contributed by atoms with Gasteiger partial charge < -0.3 is 5.32 Å². The Kier molecular flexibility index (Phi) is 4.60. The first-order valence-corrected chi connectivity index (χ1v) is 8.04. The summed E-state index contributed by atoms with van der Waals surface area (Å²) >= 11 is 0. The van der Waals surface area contributed by atoms with Crippen LogP contribution in [0.3, 0.4) is 0 Å². The number of nitrogens with one attached hydrogen (secondary N) is 1. The van der Waals surface area contributed by atoms with Crippen LogP contribution in [0.2, 0.25) is 0 Å². The third kappa shape index (κ3) is 3.15. The van der Waals surface area contributed by atoms with Crippen LogP contribution >= 0.6 is 0 Å². The van der Waals surface area contributed by atoms with E-state index >= 15 is 0 Å². The summed E-state index contributed by atoms with van der Waals surface area (Å²) < 4.78 is 12.9. The number of nitrogens with zero attached hydrogens (tertiary/aromatic N) is 1. The van der Waals surface area contributed by atoms with Gasteiger partial charge in [-0.05, 0) is 36.2 Å². The highest BCUT2D eigenvalue weighted by molar-refractivity contribution is 6.09. The number of urea groups is 1. The van der Waals surface area contributed by atoms with Gasteiger partial charge in [0.25, 0.3) is 0 Å². The van der Waals surface area contributed by atoms with E-state index in [1.807, 2.05) is 13.0 Å². The molecule has 0 bridgehead atoms. The molecule has 24 heavy (non-hydrogen) atoms. The number of hydrogen-bond acceptors (Lipinski definition) is 2. The van der Waals surface area contributed by atoms with Gasteiger partial charge in [0.05, 0.1) is 5.69 Å². The van der Waals surface area contributed by atoms with Gasteiger partial charge in [0.2, 0.25) is 0 Å². The molecule has 3 rings (SSSR count). The highest BCUT2D eigenvalue weighted by Gasteiger charge is 2.33. The molecule has 0 radical (unpaired) electrons. The van der Waals surface area contributed by atoms with Gasteiger partial charge in [-0.2, -0.15) is 0 Å². The number of carbonyl (C=O) groups excluding carboxylic acids is 2. The van der Waals surface area contributed by atoms with Crippen LogP contribution in [0, 0.1) is 5.82 Å². The minimum atomic E-state index is -0.306. The van der Waals surface area contributed by atoms with E-state index in [1.54, 1.807) is 35.2 Å². The molecule has 1 atom stereocenters. The van der Waals surface area contributed by atoms with Crippen molar-refractivity contribution in [3.05, 3.63) is 65.5 Å². The van der Waals surface area contributed by atoms with Crippen LogP contribution in [-0.2, 0) is 6.54 Å². The lowest BCUT2D eigenvalue weighted by Crippen LogP contribution is -2.49. The molecular weight excluding hydrogens is 307 g/mol. The molecule has 0 aromatic heterocycles. The molecule has 4 nitrogen and oxygen atoms in total. The number of benzene rings is 2. The van der Waals surface area contributed by atoms with E-state index in [1.165, 1.54) is 12.1 Å². The summed E-state index contributed by atoms with van der Waals surface area (Å²) in [7, 11) is 0. The van der Waals surface area contributed by atoms with Crippen LogP contribution in [0.5, 0.6) is 0 Å². The molecule has 1 N–H and O–H groups in total. The molecule has 5 heteroatoms. The van der Waals surface area contributed by atoms with Crippen molar-refractivity contribution in [2.24, 2.45) is 0 Å². The monoisotopic (exact) mass is 326 g/mol. The number of hydrogen-bond donors (Lipinski definition) is 1. The first-order chi connectivity index (χ1) is 11.6. The molecule has 1 heterocycles. The summed E-state index contributed by atoms with van der Waals surface area (Å²) in [5.41, 5.74) is 2.05. The van der Waals surface area contributed by atoms with Gasteiger partial charge in [-0.3, -0.25) is 9.69 Å². The van der Waals surface area contributed by atoms with Crippen molar-refractivity contribution in [2.45, 2.75) is 32.4 Å². The fourth-order valence-corrected chi connectivity index (χ4v) is 3.00. The SMILES string of the molecule is CCC1CC(=O)c2ccccc2N1C(=O)NCc1ccc(F)cc1. The van der Waals surface area contributed by atoms with Crippen molar-refractivity contribution in [3.8, 4) is 0 Å². The van der Waals surface area contributed by atoms with Crippen LogP contribution in [0.15, 0.2) is 48.5 Å². The Morgan fingerprint density at radius 1 is 1.21 bits per heavy atom. The van der Waals surface area contributed by atoms with Gasteiger partial charge in [0, 0.05) is 24.6 Å². The molecule has 1 aliphatic rings. The van der Waals surface area contributed by atoms with Gasteiger partial charge in [-0.25, -0.2) is 9.18 Å². The number of para-hydroxylation sites is 1. The zero-order valence-electron chi connectivity index (χ0n) is 13.5. The Bertz CT molecular complexity index is 758. The van der Waals surface area contributed by atoms with E-state index in [2.05, 4.69) is 5.32 Å². The summed E-state index contributed by atoms with van der Waals surface area (Å²) in [4.78, 5) is 26.6. The Morgan fingerprint density at radius 2 is 1.92 bits per heavy atom. The summed E-state index contributed by atoms with van der Waals surface area (Å²) in [5, 5.41) is 2.86. The Labute approximate surface area is 140 Å². The number of anilines is 1. The fraction of sp³-hybridized carbons (Fsp3) is 0.263. The standard InChI is InChI=1S/C19H19FN2O2/c1-2-15-11-18(23)16-5-3-4-6-17(16)22(15)19(24)21-12-13-7-9-14(20)10-8-13/h3-10,15H,2,11-12H2,1H3,(H,21,24). The number of ketones is 1.